The van der Waals surface area contributed by atoms with Crippen LogP contribution in [0.3, 0.4) is 0 Å². The third-order valence-electron chi connectivity index (χ3n) is 7.06. The van der Waals surface area contributed by atoms with Gasteiger partial charge in [0.15, 0.2) is 18.0 Å². The van der Waals surface area contributed by atoms with Crippen LogP contribution in [0.15, 0.2) is 24.3 Å². The van der Waals surface area contributed by atoms with E-state index >= 15 is 0 Å². The number of anilines is 1. The quantitative estimate of drug-likeness (QED) is 0.404. The number of amides is 1. The molecule has 4 atom stereocenters. The van der Waals surface area contributed by atoms with Crippen LogP contribution in [-0.4, -0.2) is 86.9 Å². The van der Waals surface area contributed by atoms with E-state index in [-0.39, 0.29) is 6.61 Å². The standard InChI is InChI=1S/C28H44N2O7/c1-5-6-7-8-9-16-33-20-28-25(36-27(3,4)37-28)24(23(35-28)19-30-14-17-32-18-15-30)34-26(31)29-22-12-10-21(2)11-13-22/h10-13,23-25H,5-9,14-20H2,1-4H3,(H,29,31)/t23-,24+,25-,28-/m0/s1. The summed E-state index contributed by atoms with van der Waals surface area (Å²) in [7, 11) is 0. The molecule has 0 spiro atoms. The lowest BCUT2D eigenvalue weighted by Crippen LogP contribution is -2.47. The number of benzene rings is 1. The molecule has 3 saturated heterocycles. The number of hydrogen-bond donors (Lipinski definition) is 1. The highest BCUT2D eigenvalue weighted by atomic mass is 16.9. The Bertz CT molecular complexity index is 859. The first kappa shape index (κ1) is 28.3. The summed E-state index contributed by atoms with van der Waals surface area (Å²) in [5.41, 5.74) is 1.78. The first-order chi connectivity index (χ1) is 17.8. The molecule has 0 radical (unpaired) electrons. The molecule has 0 unspecified atom stereocenters. The highest BCUT2D eigenvalue weighted by Gasteiger charge is 2.66. The van der Waals surface area contributed by atoms with Gasteiger partial charge in [-0.05, 0) is 39.3 Å². The van der Waals surface area contributed by atoms with Crippen LogP contribution in [0.1, 0.15) is 58.4 Å². The summed E-state index contributed by atoms with van der Waals surface area (Å²) in [4.78, 5) is 15.2. The van der Waals surface area contributed by atoms with Crippen molar-refractivity contribution in [2.45, 2.75) is 89.7 Å². The van der Waals surface area contributed by atoms with Gasteiger partial charge in [0.1, 0.15) is 12.7 Å². The Balaban J connectivity index is 1.45. The van der Waals surface area contributed by atoms with Gasteiger partial charge in [-0.25, -0.2) is 4.79 Å². The molecule has 37 heavy (non-hydrogen) atoms. The van der Waals surface area contributed by atoms with Crippen LogP contribution >= 0.6 is 0 Å². The van der Waals surface area contributed by atoms with E-state index in [1.54, 1.807) is 0 Å². The van der Waals surface area contributed by atoms with Gasteiger partial charge >= 0.3 is 6.09 Å². The first-order valence-corrected chi connectivity index (χ1v) is 13.8. The summed E-state index contributed by atoms with van der Waals surface area (Å²) in [5.74, 6) is -2.03. The van der Waals surface area contributed by atoms with Crippen LogP contribution < -0.4 is 5.32 Å². The Hall–Kier alpha value is -1.75. The van der Waals surface area contributed by atoms with Crippen LogP contribution in [0.4, 0.5) is 10.5 Å². The maximum Gasteiger partial charge on any atom is 0.412 e. The molecule has 3 aliphatic rings. The van der Waals surface area contributed by atoms with E-state index in [1.807, 2.05) is 45.0 Å². The second-order valence-corrected chi connectivity index (χ2v) is 10.7. The summed E-state index contributed by atoms with van der Waals surface area (Å²) >= 11 is 0. The van der Waals surface area contributed by atoms with Crippen molar-refractivity contribution in [3.63, 3.8) is 0 Å². The van der Waals surface area contributed by atoms with Crippen molar-refractivity contribution >= 4 is 11.8 Å². The van der Waals surface area contributed by atoms with Crippen molar-refractivity contribution in [1.29, 1.82) is 0 Å². The van der Waals surface area contributed by atoms with Crippen LogP contribution in [0.5, 0.6) is 0 Å². The van der Waals surface area contributed by atoms with Gasteiger partial charge in [-0.1, -0.05) is 50.3 Å². The lowest BCUT2D eigenvalue weighted by Gasteiger charge is -2.33. The summed E-state index contributed by atoms with van der Waals surface area (Å²) in [6, 6.07) is 7.58. The molecule has 0 bridgehead atoms. The van der Waals surface area contributed by atoms with E-state index in [4.69, 9.17) is 28.4 Å². The molecule has 0 saturated carbocycles. The number of morpholine rings is 1. The third-order valence-corrected chi connectivity index (χ3v) is 7.06. The summed E-state index contributed by atoms with van der Waals surface area (Å²) in [6.07, 6.45) is 3.53. The molecule has 3 aliphatic heterocycles. The third kappa shape index (κ3) is 7.65. The molecule has 1 N–H and O–H groups in total. The first-order valence-electron chi connectivity index (χ1n) is 13.8. The zero-order valence-electron chi connectivity index (χ0n) is 22.8. The molecule has 208 valence electrons. The van der Waals surface area contributed by atoms with Gasteiger partial charge in [-0.15, -0.1) is 0 Å². The number of fused-ring (bicyclic) bond motifs is 1. The second-order valence-electron chi connectivity index (χ2n) is 10.7. The molecule has 9 heteroatoms. The molecular formula is C28H44N2O7. The van der Waals surface area contributed by atoms with Crippen molar-refractivity contribution in [2.75, 3.05) is 51.4 Å². The van der Waals surface area contributed by atoms with Crippen LogP contribution in [0, 0.1) is 6.92 Å². The molecule has 4 rings (SSSR count). The average Bonchev–Trinajstić information content (AvgIpc) is 3.27. The van der Waals surface area contributed by atoms with E-state index < -0.39 is 36.0 Å². The zero-order chi connectivity index (χ0) is 26.3. The van der Waals surface area contributed by atoms with Gasteiger partial charge < -0.3 is 28.4 Å². The van der Waals surface area contributed by atoms with Crippen LogP contribution in [-0.2, 0) is 28.4 Å². The fraction of sp³-hybridized carbons (Fsp3) is 0.750. The molecular weight excluding hydrogens is 476 g/mol. The zero-order valence-corrected chi connectivity index (χ0v) is 22.8. The molecule has 1 aromatic carbocycles. The second kappa shape index (κ2) is 12.9. The minimum atomic E-state index is -1.14. The van der Waals surface area contributed by atoms with Gasteiger partial charge in [0.2, 0.25) is 5.79 Å². The number of hydrogen-bond acceptors (Lipinski definition) is 8. The monoisotopic (exact) mass is 520 g/mol. The predicted molar refractivity (Wildman–Crippen MR) is 140 cm³/mol. The number of carbonyl (C=O) groups excluding carboxylic acids is 1. The number of unbranched alkanes of at least 4 members (excludes halogenated alkanes) is 4. The molecule has 0 aliphatic carbocycles. The maximum absolute atomic E-state index is 13.0. The minimum absolute atomic E-state index is 0.216. The van der Waals surface area contributed by atoms with E-state index in [2.05, 4.69) is 17.1 Å². The van der Waals surface area contributed by atoms with E-state index in [9.17, 15) is 4.79 Å². The number of aryl methyl sites for hydroxylation is 1. The SMILES string of the molecule is CCCCCCCOC[C@@]12O[C@@H](CN3CCOCC3)[C@@H](OC(=O)Nc3ccc(C)cc3)[C@@H]1OC(C)(C)O2. The van der Waals surface area contributed by atoms with Gasteiger partial charge in [-0.2, -0.15) is 0 Å². The Morgan fingerprint density at radius 2 is 1.81 bits per heavy atom. The van der Waals surface area contributed by atoms with Crippen molar-refractivity contribution in [2.24, 2.45) is 0 Å². The lowest BCUT2D eigenvalue weighted by molar-refractivity contribution is -0.279. The minimum Gasteiger partial charge on any atom is -0.440 e. The Morgan fingerprint density at radius 3 is 2.54 bits per heavy atom. The molecule has 1 amide bonds. The fourth-order valence-electron chi connectivity index (χ4n) is 5.21. The Morgan fingerprint density at radius 1 is 1.08 bits per heavy atom. The topological polar surface area (TPSA) is 87.7 Å². The average molecular weight is 521 g/mol. The van der Waals surface area contributed by atoms with Crippen molar-refractivity contribution in [3.8, 4) is 0 Å². The van der Waals surface area contributed by atoms with Crippen molar-refractivity contribution in [1.82, 2.24) is 4.90 Å². The Kier molecular flexibility index (Phi) is 9.83. The highest BCUT2D eigenvalue weighted by Crippen LogP contribution is 2.47. The summed E-state index contributed by atoms with van der Waals surface area (Å²) < 4.78 is 36.8. The van der Waals surface area contributed by atoms with Crippen LogP contribution in [0.2, 0.25) is 0 Å². The summed E-state index contributed by atoms with van der Waals surface area (Å²) in [5, 5.41) is 2.83. The van der Waals surface area contributed by atoms with E-state index in [0.29, 0.717) is 32.1 Å². The molecule has 9 nitrogen and oxygen atoms in total. The molecule has 3 heterocycles. The fourth-order valence-corrected chi connectivity index (χ4v) is 5.21. The maximum atomic E-state index is 13.0. The smallest absolute Gasteiger partial charge is 0.412 e. The largest absolute Gasteiger partial charge is 0.440 e. The van der Waals surface area contributed by atoms with E-state index in [1.165, 1.54) is 19.3 Å². The van der Waals surface area contributed by atoms with Crippen molar-refractivity contribution in [3.05, 3.63) is 29.8 Å². The number of carbonyl (C=O) groups is 1. The van der Waals surface area contributed by atoms with Gasteiger partial charge in [0.25, 0.3) is 0 Å². The number of nitrogens with one attached hydrogen (secondary N) is 1. The molecule has 3 fully saturated rings. The summed E-state index contributed by atoms with van der Waals surface area (Å²) in [6.45, 7) is 12.2. The normalized spacial score (nSPS) is 29.2. The van der Waals surface area contributed by atoms with Crippen LogP contribution in [0.25, 0.3) is 0 Å². The lowest BCUT2D eigenvalue weighted by atomic mass is 10.0. The predicted octanol–water partition coefficient (Wildman–Crippen LogP) is 4.48. The molecule has 0 aromatic heterocycles. The Labute approximate surface area is 221 Å². The molecule has 1 aromatic rings. The van der Waals surface area contributed by atoms with Crippen molar-refractivity contribution < 1.29 is 33.2 Å². The van der Waals surface area contributed by atoms with Gasteiger partial charge in [0, 0.05) is 31.9 Å². The van der Waals surface area contributed by atoms with Gasteiger partial charge in [0.05, 0.1) is 13.2 Å². The highest BCUT2D eigenvalue weighted by molar-refractivity contribution is 5.84. The van der Waals surface area contributed by atoms with Gasteiger partial charge in [-0.3, -0.25) is 10.2 Å². The number of nitrogens with zero attached hydrogens (tertiary/aromatic N) is 1. The number of ether oxygens (including phenoxy) is 6. The number of rotatable bonds is 12. The van der Waals surface area contributed by atoms with E-state index in [0.717, 1.165) is 31.5 Å².